The molecule has 3 heterocycles. The fraction of sp³-hybridized carbons (Fsp3) is 0.571. The first-order valence-corrected chi connectivity index (χ1v) is 9.80. The van der Waals surface area contributed by atoms with Crippen molar-refractivity contribution in [1.29, 1.82) is 0 Å². The number of carbonyl (C=O) groups is 1. The number of nitrogens with one attached hydrogen (secondary N) is 1. The molecule has 0 saturated carbocycles. The predicted molar refractivity (Wildman–Crippen MR) is 98.8 cm³/mol. The van der Waals surface area contributed by atoms with Gasteiger partial charge >= 0.3 is 5.97 Å². The molecule has 0 unspecified atom stereocenters. The number of benzene rings is 1. The van der Waals surface area contributed by atoms with Gasteiger partial charge in [-0.25, -0.2) is 5.48 Å². The van der Waals surface area contributed by atoms with E-state index in [1.165, 1.54) is 0 Å². The van der Waals surface area contributed by atoms with Gasteiger partial charge in [0.1, 0.15) is 12.2 Å². The summed E-state index contributed by atoms with van der Waals surface area (Å²) in [6.07, 6.45) is 7.82. The molecule has 6 heteroatoms. The lowest BCUT2D eigenvalue weighted by molar-refractivity contribution is -0.137. The van der Waals surface area contributed by atoms with Crippen LogP contribution in [0.2, 0.25) is 0 Å². The molecule has 27 heavy (non-hydrogen) atoms. The Morgan fingerprint density at radius 1 is 1.07 bits per heavy atom. The molecule has 1 aromatic carbocycles. The van der Waals surface area contributed by atoms with Crippen LogP contribution >= 0.6 is 0 Å². The Morgan fingerprint density at radius 3 is 2.59 bits per heavy atom. The Bertz CT molecular complexity index is 664. The maximum atomic E-state index is 10.6. The van der Waals surface area contributed by atoms with E-state index >= 15 is 0 Å². The topological polar surface area (TPSA) is 80.3 Å². The number of unbranched alkanes of at least 4 members (excludes halogenated alkanes) is 1. The Hall–Kier alpha value is -1.73. The molecular weight excluding hydrogens is 346 g/mol. The van der Waals surface area contributed by atoms with Crippen LogP contribution in [0.25, 0.3) is 0 Å². The highest BCUT2D eigenvalue weighted by Crippen LogP contribution is 2.54. The smallest absolute Gasteiger partial charge is 0.303 e. The standard InChI is InChI=1S/C21H27NO5/c23-17(24)11-7-2-1-6-10-15-16(19-21-20(27-21)18(15)26-19)12-22-25-13-14-8-4-3-5-9-14/h1,3-6,8-9,15-16,18-22H,2,7,10-13H2,(H,23,24)/t15-,16+,18+,19-,20-,21+/m0/s1. The number of epoxide rings is 1. The van der Waals surface area contributed by atoms with E-state index in [9.17, 15) is 4.79 Å². The lowest BCUT2D eigenvalue weighted by Gasteiger charge is -2.25. The Labute approximate surface area is 159 Å². The van der Waals surface area contributed by atoms with Crippen molar-refractivity contribution >= 4 is 5.97 Å². The molecule has 3 aliphatic heterocycles. The van der Waals surface area contributed by atoms with Crippen molar-refractivity contribution in [2.75, 3.05) is 6.54 Å². The fourth-order valence-corrected chi connectivity index (χ4v) is 4.36. The average Bonchev–Trinajstić information content (AvgIpc) is 3.30. The quantitative estimate of drug-likeness (QED) is 0.269. The number of carboxylic acids is 1. The number of hydrogen-bond donors (Lipinski definition) is 2. The van der Waals surface area contributed by atoms with Crippen molar-refractivity contribution in [2.24, 2.45) is 11.8 Å². The molecule has 6 atom stereocenters. The van der Waals surface area contributed by atoms with Crippen LogP contribution < -0.4 is 5.48 Å². The number of hydroxylamine groups is 1. The minimum Gasteiger partial charge on any atom is -0.481 e. The third-order valence-corrected chi connectivity index (χ3v) is 5.76. The van der Waals surface area contributed by atoms with Gasteiger partial charge in [-0.3, -0.25) is 9.63 Å². The van der Waals surface area contributed by atoms with E-state index in [0.717, 1.165) is 24.9 Å². The van der Waals surface area contributed by atoms with E-state index in [4.69, 9.17) is 19.4 Å². The van der Waals surface area contributed by atoms with Crippen molar-refractivity contribution in [1.82, 2.24) is 5.48 Å². The largest absolute Gasteiger partial charge is 0.481 e. The van der Waals surface area contributed by atoms with E-state index in [-0.39, 0.29) is 30.8 Å². The van der Waals surface area contributed by atoms with Crippen LogP contribution in [0.1, 0.15) is 31.2 Å². The number of ether oxygens (including phenoxy) is 2. The van der Waals surface area contributed by atoms with Gasteiger partial charge in [0.2, 0.25) is 0 Å². The molecule has 3 saturated heterocycles. The van der Waals surface area contributed by atoms with Gasteiger partial charge in [0.15, 0.2) is 0 Å². The van der Waals surface area contributed by atoms with Crippen molar-refractivity contribution < 1.29 is 24.2 Å². The summed E-state index contributed by atoms with van der Waals surface area (Å²) in [5, 5.41) is 8.68. The molecule has 3 fully saturated rings. The summed E-state index contributed by atoms with van der Waals surface area (Å²) in [6.45, 7) is 1.29. The number of allylic oxidation sites excluding steroid dienone is 2. The maximum Gasteiger partial charge on any atom is 0.303 e. The van der Waals surface area contributed by atoms with Gasteiger partial charge in [0, 0.05) is 18.9 Å². The third-order valence-electron chi connectivity index (χ3n) is 5.76. The van der Waals surface area contributed by atoms with Crippen molar-refractivity contribution in [3.63, 3.8) is 0 Å². The van der Waals surface area contributed by atoms with Crippen LogP contribution in [-0.4, -0.2) is 42.0 Å². The molecule has 0 aliphatic carbocycles. The van der Waals surface area contributed by atoms with Gasteiger partial charge in [0.05, 0.1) is 18.8 Å². The molecule has 2 bridgehead atoms. The molecule has 0 radical (unpaired) electrons. The van der Waals surface area contributed by atoms with E-state index in [1.54, 1.807) is 0 Å². The molecule has 146 valence electrons. The summed E-state index contributed by atoms with van der Waals surface area (Å²) < 4.78 is 11.9. The monoisotopic (exact) mass is 373 g/mol. The molecule has 2 N–H and O–H groups in total. The Balaban J connectivity index is 1.23. The highest BCUT2D eigenvalue weighted by atomic mass is 16.7. The summed E-state index contributed by atoms with van der Waals surface area (Å²) >= 11 is 0. The molecule has 1 aromatic rings. The summed E-state index contributed by atoms with van der Waals surface area (Å²) in [5.74, 6) is 0.0592. The molecule has 0 amide bonds. The van der Waals surface area contributed by atoms with Gasteiger partial charge in [-0.2, -0.15) is 0 Å². The Morgan fingerprint density at radius 2 is 1.81 bits per heavy atom. The zero-order valence-electron chi connectivity index (χ0n) is 15.3. The first-order chi connectivity index (χ1) is 13.2. The zero-order chi connectivity index (χ0) is 18.6. The summed E-state index contributed by atoms with van der Waals surface area (Å²) in [7, 11) is 0. The van der Waals surface area contributed by atoms with E-state index < -0.39 is 5.97 Å². The van der Waals surface area contributed by atoms with Gasteiger partial charge in [0.25, 0.3) is 0 Å². The lowest BCUT2D eigenvalue weighted by atomic mass is 9.77. The number of hydrogen-bond acceptors (Lipinski definition) is 5. The second-order valence-corrected chi connectivity index (χ2v) is 7.57. The first-order valence-electron chi connectivity index (χ1n) is 9.80. The van der Waals surface area contributed by atoms with Gasteiger partial charge in [-0.1, -0.05) is 42.5 Å². The first kappa shape index (κ1) is 18.6. The van der Waals surface area contributed by atoms with E-state index in [0.29, 0.717) is 24.9 Å². The highest BCUT2D eigenvalue weighted by molar-refractivity contribution is 5.66. The van der Waals surface area contributed by atoms with Crippen LogP contribution in [0.4, 0.5) is 0 Å². The molecule has 6 nitrogen and oxygen atoms in total. The predicted octanol–water partition coefficient (Wildman–Crippen LogP) is 2.69. The van der Waals surface area contributed by atoms with Crippen LogP contribution in [0.3, 0.4) is 0 Å². The molecular formula is C21H27NO5. The SMILES string of the molecule is O=C(O)CCCC=CC[C@H]1[C@@H](CNOCc2ccccc2)[C@@H]2O[C@H]1[C@@H]1O[C@@H]12. The average molecular weight is 373 g/mol. The molecule has 4 rings (SSSR count). The third kappa shape index (κ3) is 4.41. The lowest BCUT2D eigenvalue weighted by Crippen LogP contribution is -2.39. The Kier molecular flexibility index (Phi) is 5.88. The number of carboxylic acid groups (broad SMARTS) is 1. The minimum absolute atomic E-state index is 0.165. The maximum absolute atomic E-state index is 10.6. The van der Waals surface area contributed by atoms with Gasteiger partial charge in [-0.05, 0) is 30.7 Å². The number of aliphatic carboxylic acids is 1. The second kappa shape index (κ2) is 8.52. The van der Waals surface area contributed by atoms with Gasteiger partial charge in [-0.15, -0.1) is 0 Å². The highest BCUT2D eigenvalue weighted by Gasteiger charge is 2.68. The fourth-order valence-electron chi connectivity index (χ4n) is 4.36. The van der Waals surface area contributed by atoms with Crippen molar-refractivity contribution in [3.05, 3.63) is 48.0 Å². The van der Waals surface area contributed by atoms with Crippen molar-refractivity contribution in [3.8, 4) is 0 Å². The van der Waals surface area contributed by atoms with Crippen LogP contribution in [0.5, 0.6) is 0 Å². The minimum atomic E-state index is -0.733. The van der Waals surface area contributed by atoms with Gasteiger partial charge < -0.3 is 14.6 Å². The summed E-state index contributed by atoms with van der Waals surface area (Å²) in [4.78, 5) is 16.2. The molecule has 0 spiro atoms. The summed E-state index contributed by atoms with van der Waals surface area (Å²) in [6, 6.07) is 10.1. The van der Waals surface area contributed by atoms with Crippen LogP contribution in [0, 0.1) is 11.8 Å². The number of rotatable bonds is 11. The van der Waals surface area contributed by atoms with Crippen LogP contribution in [-0.2, 0) is 25.7 Å². The summed E-state index contributed by atoms with van der Waals surface area (Å²) in [5.41, 5.74) is 4.27. The van der Waals surface area contributed by atoms with Crippen molar-refractivity contribution in [2.45, 2.75) is 56.7 Å². The number of fused-ring (bicyclic) bond motifs is 5. The van der Waals surface area contributed by atoms with E-state index in [1.807, 2.05) is 30.3 Å². The molecule has 3 aliphatic rings. The van der Waals surface area contributed by atoms with E-state index in [2.05, 4.69) is 17.6 Å². The second-order valence-electron chi connectivity index (χ2n) is 7.57. The zero-order valence-corrected chi connectivity index (χ0v) is 15.3. The van der Waals surface area contributed by atoms with Crippen LogP contribution in [0.15, 0.2) is 42.5 Å². The normalized spacial score (nSPS) is 33.5. The molecule has 0 aromatic heterocycles.